The molecule has 2 rings (SSSR count). The highest BCUT2D eigenvalue weighted by molar-refractivity contribution is 8.26. The largest absolute Gasteiger partial charge is 0.480 e. The summed E-state index contributed by atoms with van der Waals surface area (Å²) >= 11 is 6.33. The molecule has 138 valence electrons. The van der Waals surface area contributed by atoms with Gasteiger partial charge in [0.05, 0.1) is 4.91 Å². The molecule has 2 amide bonds. The minimum absolute atomic E-state index is 0.222. The van der Waals surface area contributed by atoms with Crippen LogP contribution in [0.3, 0.4) is 0 Å². The Bertz CT molecular complexity index is 749. The van der Waals surface area contributed by atoms with E-state index in [0.717, 1.165) is 17.3 Å². The van der Waals surface area contributed by atoms with Crippen LogP contribution in [0.25, 0.3) is 6.08 Å². The Labute approximate surface area is 161 Å². The molecule has 26 heavy (non-hydrogen) atoms. The first-order valence-corrected chi connectivity index (χ1v) is 9.38. The minimum atomic E-state index is -1.10. The van der Waals surface area contributed by atoms with Crippen LogP contribution in [-0.4, -0.2) is 44.7 Å². The van der Waals surface area contributed by atoms with E-state index in [1.165, 1.54) is 4.90 Å². The van der Waals surface area contributed by atoms with Crippen molar-refractivity contribution >= 4 is 52.2 Å². The number of nitrogens with one attached hydrogen (secondary N) is 1. The fourth-order valence-corrected chi connectivity index (χ4v) is 3.64. The fourth-order valence-electron chi connectivity index (χ4n) is 2.38. The van der Waals surface area contributed by atoms with Crippen LogP contribution in [0, 0.1) is 5.92 Å². The molecule has 8 heteroatoms. The van der Waals surface area contributed by atoms with Crippen LogP contribution in [0.4, 0.5) is 0 Å². The van der Waals surface area contributed by atoms with Gasteiger partial charge in [0.25, 0.3) is 5.91 Å². The zero-order chi connectivity index (χ0) is 19.3. The van der Waals surface area contributed by atoms with Crippen molar-refractivity contribution in [2.75, 3.05) is 6.54 Å². The minimum Gasteiger partial charge on any atom is -0.480 e. The van der Waals surface area contributed by atoms with Crippen LogP contribution >= 0.6 is 24.0 Å². The molecule has 1 heterocycles. The summed E-state index contributed by atoms with van der Waals surface area (Å²) < 4.78 is 0.280. The summed E-state index contributed by atoms with van der Waals surface area (Å²) in [5.41, 5.74) is 0.861. The summed E-state index contributed by atoms with van der Waals surface area (Å²) in [5, 5.41) is 11.7. The summed E-state index contributed by atoms with van der Waals surface area (Å²) in [4.78, 5) is 37.7. The van der Waals surface area contributed by atoms with E-state index in [1.807, 2.05) is 37.3 Å². The molecule has 6 nitrogen and oxygen atoms in total. The summed E-state index contributed by atoms with van der Waals surface area (Å²) in [5.74, 6) is -2.22. The molecular formula is C18H20N2O4S2. The van der Waals surface area contributed by atoms with E-state index in [9.17, 15) is 19.5 Å². The first-order chi connectivity index (χ1) is 12.3. The van der Waals surface area contributed by atoms with Gasteiger partial charge in [-0.3, -0.25) is 14.5 Å². The molecule has 1 aromatic carbocycles. The number of nitrogens with zero attached hydrogens (tertiary/aromatic N) is 1. The Morgan fingerprint density at radius 1 is 1.35 bits per heavy atom. The summed E-state index contributed by atoms with van der Waals surface area (Å²) in [7, 11) is 0. The van der Waals surface area contributed by atoms with E-state index in [-0.39, 0.29) is 22.7 Å². The third kappa shape index (κ3) is 4.92. The Morgan fingerprint density at radius 3 is 2.58 bits per heavy atom. The predicted octanol–water partition coefficient (Wildman–Crippen LogP) is 2.50. The number of carbonyl (C=O) groups excluding carboxylic acids is 2. The summed E-state index contributed by atoms with van der Waals surface area (Å²) in [6.07, 6.45) is 2.33. The standard InChI is InChI=1S/C18H20N2O4S2/c1-3-11(2)15(17(23)24)19-14(21)10-20-16(22)13(26-18(20)25)9-12-7-5-4-6-8-12/h4-9,11,15H,3,10H2,1-2H3,(H,19,21)(H,23,24)/b13-9-/t11-,15-/m1/s1. The SMILES string of the molecule is CC[C@@H](C)[C@@H](NC(=O)CN1C(=O)/C(=C/c2ccccc2)SC1=S)C(=O)O. The Balaban J connectivity index is 2.06. The van der Waals surface area contributed by atoms with E-state index in [2.05, 4.69) is 5.32 Å². The number of aliphatic carboxylic acids is 1. The van der Waals surface area contributed by atoms with Crippen LogP contribution in [0.5, 0.6) is 0 Å². The zero-order valence-electron chi connectivity index (χ0n) is 14.5. The normalized spacial score (nSPS) is 18.1. The lowest BCUT2D eigenvalue weighted by Crippen LogP contribution is -2.49. The van der Waals surface area contributed by atoms with Crippen molar-refractivity contribution in [1.29, 1.82) is 0 Å². The number of rotatable bonds is 7. The molecule has 1 aliphatic rings. The van der Waals surface area contributed by atoms with Crippen LogP contribution in [0.2, 0.25) is 0 Å². The molecule has 1 fully saturated rings. The van der Waals surface area contributed by atoms with E-state index >= 15 is 0 Å². The van der Waals surface area contributed by atoms with Crippen molar-refractivity contribution in [3.8, 4) is 0 Å². The number of carbonyl (C=O) groups is 3. The van der Waals surface area contributed by atoms with Gasteiger partial charge in [0, 0.05) is 0 Å². The van der Waals surface area contributed by atoms with E-state index < -0.39 is 17.9 Å². The molecule has 0 saturated carbocycles. The molecular weight excluding hydrogens is 372 g/mol. The fraction of sp³-hybridized carbons (Fsp3) is 0.333. The van der Waals surface area contributed by atoms with Crippen LogP contribution in [0.1, 0.15) is 25.8 Å². The van der Waals surface area contributed by atoms with Gasteiger partial charge in [0.2, 0.25) is 5.91 Å². The number of thioether (sulfide) groups is 1. The smallest absolute Gasteiger partial charge is 0.326 e. The third-order valence-corrected chi connectivity index (χ3v) is 5.45. The molecule has 1 aliphatic heterocycles. The van der Waals surface area contributed by atoms with Gasteiger partial charge < -0.3 is 10.4 Å². The molecule has 0 spiro atoms. The van der Waals surface area contributed by atoms with E-state index in [0.29, 0.717) is 11.3 Å². The molecule has 2 N–H and O–H groups in total. The Hall–Kier alpha value is -2.19. The Morgan fingerprint density at radius 2 is 2.00 bits per heavy atom. The van der Waals surface area contributed by atoms with E-state index in [1.54, 1.807) is 13.0 Å². The van der Waals surface area contributed by atoms with Crippen molar-refractivity contribution in [3.05, 3.63) is 40.8 Å². The molecule has 1 aromatic rings. The highest BCUT2D eigenvalue weighted by Gasteiger charge is 2.34. The number of carboxylic acid groups (broad SMARTS) is 1. The van der Waals surface area contributed by atoms with Gasteiger partial charge in [-0.2, -0.15) is 0 Å². The molecule has 0 aromatic heterocycles. The van der Waals surface area contributed by atoms with Crippen LogP contribution < -0.4 is 5.32 Å². The number of benzene rings is 1. The van der Waals surface area contributed by atoms with E-state index in [4.69, 9.17) is 12.2 Å². The molecule has 0 bridgehead atoms. The average molecular weight is 393 g/mol. The number of amides is 2. The number of thiocarbonyl (C=S) groups is 1. The zero-order valence-corrected chi connectivity index (χ0v) is 16.1. The maximum Gasteiger partial charge on any atom is 0.326 e. The third-order valence-electron chi connectivity index (χ3n) is 4.07. The molecule has 0 aliphatic carbocycles. The molecule has 0 radical (unpaired) electrons. The second-order valence-corrected chi connectivity index (χ2v) is 7.62. The summed E-state index contributed by atoms with van der Waals surface area (Å²) in [6.45, 7) is 3.31. The van der Waals surface area contributed by atoms with Crippen molar-refractivity contribution in [3.63, 3.8) is 0 Å². The number of hydrogen-bond acceptors (Lipinski definition) is 5. The lowest BCUT2D eigenvalue weighted by molar-refractivity contribution is -0.143. The molecule has 1 saturated heterocycles. The second kappa shape index (κ2) is 8.95. The maximum atomic E-state index is 12.5. The van der Waals surface area contributed by atoms with Crippen molar-refractivity contribution in [2.24, 2.45) is 5.92 Å². The van der Waals surface area contributed by atoms with Crippen molar-refractivity contribution in [2.45, 2.75) is 26.3 Å². The first-order valence-electron chi connectivity index (χ1n) is 8.16. The predicted molar refractivity (Wildman–Crippen MR) is 105 cm³/mol. The van der Waals surface area contributed by atoms with Crippen LogP contribution in [-0.2, 0) is 14.4 Å². The maximum absolute atomic E-state index is 12.5. The molecule has 0 unspecified atom stereocenters. The lowest BCUT2D eigenvalue weighted by atomic mass is 9.99. The van der Waals surface area contributed by atoms with Crippen molar-refractivity contribution in [1.82, 2.24) is 10.2 Å². The van der Waals surface area contributed by atoms with Gasteiger partial charge in [-0.15, -0.1) is 0 Å². The Kier molecular flexibility index (Phi) is 6.93. The topological polar surface area (TPSA) is 86.7 Å². The summed E-state index contributed by atoms with van der Waals surface area (Å²) in [6, 6.07) is 8.34. The lowest BCUT2D eigenvalue weighted by Gasteiger charge is -2.21. The quantitative estimate of drug-likeness (QED) is 0.548. The monoisotopic (exact) mass is 392 g/mol. The van der Waals surface area contributed by atoms with Gasteiger partial charge in [-0.05, 0) is 17.6 Å². The first kappa shape index (κ1) is 20.1. The molecule has 2 atom stereocenters. The highest BCUT2D eigenvalue weighted by Crippen LogP contribution is 2.32. The highest BCUT2D eigenvalue weighted by atomic mass is 32.2. The van der Waals surface area contributed by atoms with Gasteiger partial charge in [-0.25, -0.2) is 4.79 Å². The average Bonchev–Trinajstić information content (AvgIpc) is 2.87. The van der Waals surface area contributed by atoms with Crippen molar-refractivity contribution < 1.29 is 19.5 Å². The second-order valence-electron chi connectivity index (χ2n) is 5.95. The van der Waals surface area contributed by atoms with Gasteiger partial charge in [0.15, 0.2) is 0 Å². The number of hydrogen-bond donors (Lipinski definition) is 2. The van der Waals surface area contributed by atoms with Gasteiger partial charge >= 0.3 is 5.97 Å². The number of carboxylic acids is 1. The van der Waals surface area contributed by atoms with Gasteiger partial charge in [0.1, 0.15) is 16.9 Å². The van der Waals surface area contributed by atoms with Gasteiger partial charge in [-0.1, -0.05) is 74.6 Å². The van der Waals surface area contributed by atoms with Crippen LogP contribution in [0.15, 0.2) is 35.2 Å².